The van der Waals surface area contributed by atoms with Gasteiger partial charge in [0.25, 0.3) is 0 Å². The maximum absolute atomic E-state index is 10.8. The molecule has 0 aliphatic heterocycles. The molecule has 0 amide bonds. The zero-order chi connectivity index (χ0) is 9.97. The van der Waals surface area contributed by atoms with Crippen LogP contribution < -0.4 is 0 Å². The Morgan fingerprint density at radius 2 is 2.00 bits per heavy atom. The van der Waals surface area contributed by atoms with Crippen molar-refractivity contribution < 1.29 is 4.79 Å². The molecule has 0 fully saturated rings. The molecule has 0 atom stereocenters. The van der Waals surface area contributed by atoms with Gasteiger partial charge in [-0.25, -0.2) is 0 Å². The summed E-state index contributed by atoms with van der Waals surface area (Å²) in [5, 5.41) is 4.05. The van der Waals surface area contributed by atoms with Gasteiger partial charge in [0.15, 0.2) is 6.29 Å². The zero-order valence-corrected chi connectivity index (χ0v) is 7.84. The van der Waals surface area contributed by atoms with Crippen molar-refractivity contribution in [3.63, 3.8) is 0 Å². The van der Waals surface area contributed by atoms with Crippen molar-refractivity contribution >= 4 is 6.29 Å². The van der Waals surface area contributed by atoms with E-state index >= 15 is 0 Å². The van der Waals surface area contributed by atoms with Crippen molar-refractivity contribution in [2.75, 3.05) is 0 Å². The summed E-state index contributed by atoms with van der Waals surface area (Å²) in [7, 11) is 1.83. The van der Waals surface area contributed by atoms with Crippen molar-refractivity contribution in [1.29, 1.82) is 0 Å². The van der Waals surface area contributed by atoms with Gasteiger partial charge in [-0.05, 0) is 0 Å². The van der Waals surface area contributed by atoms with Crippen molar-refractivity contribution in [2.45, 2.75) is 0 Å². The second-order valence-corrected chi connectivity index (χ2v) is 3.06. The Morgan fingerprint density at radius 1 is 1.29 bits per heavy atom. The monoisotopic (exact) mass is 186 g/mol. The molecule has 3 nitrogen and oxygen atoms in total. The Morgan fingerprint density at radius 3 is 2.64 bits per heavy atom. The normalized spacial score (nSPS) is 10.1. The van der Waals surface area contributed by atoms with Crippen LogP contribution in [0.25, 0.3) is 11.3 Å². The maximum Gasteiger partial charge on any atom is 0.153 e. The van der Waals surface area contributed by atoms with Crippen LogP contribution >= 0.6 is 0 Å². The first-order valence-corrected chi connectivity index (χ1v) is 4.35. The van der Waals surface area contributed by atoms with E-state index in [2.05, 4.69) is 5.10 Å². The maximum atomic E-state index is 10.8. The predicted octanol–water partition coefficient (Wildman–Crippen LogP) is 1.90. The standard InChI is InChI=1S/C11H10N2O/c1-13-11(10(8-14)7-12-13)9-5-3-2-4-6-9/h2-8H,1H3. The summed E-state index contributed by atoms with van der Waals surface area (Å²) >= 11 is 0. The van der Waals surface area contributed by atoms with Gasteiger partial charge < -0.3 is 0 Å². The predicted molar refractivity (Wildman–Crippen MR) is 54.0 cm³/mol. The lowest BCUT2D eigenvalue weighted by molar-refractivity contribution is 0.112. The number of rotatable bonds is 2. The van der Waals surface area contributed by atoms with E-state index in [-0.39, 0.29) is 0 Å². The molecule has 0 aliphatic rings. The molecule has 0 N–H and O–H groups in total. The average Bonchev–Trinajstić information content (AvgIpc) is 2.61. The quantitative estimate of drug-likeness (QED) is 0.671. The van der Waals surface area contributed by atoms with Crippen LogP contribution in [0, 0.1) is 0 Å². The first kappa shape index (κ1) is 8.69. The Balaban J connectivity index is 2.61. The van der Waals surface area contributed by atoms with E-state index < -0.39 is 0 Å². The van der Waals surface area contributed by atoms with Crippen LogP contribution in [0.3, 0.4) is 0 Å². The van der Waals surface area contributed by atoms with Gasteiger partial charge in [-0.3, -0.25) is 9.48 Å². The van der Waals surface area contributed by atoms with Crippen LogP contribution in [-0.2, 0) is 7.05 Å². The van der Waals surface area contributed by atoms with E-state index in [4.69, 9.17) is 0 Å². The minimum absolute atomic E-state index is 0.624. The number of hydrogen-bond acceptors (Lipinski definition) is 2. The Bertz CT molecular complexity index is 446. The van der Waals surface area contributed by atoms with Crippen molar-refractivity contribution in [2.24, 2.45) is 7.05 Å². The van der Waals surface area contributed by atoms with E-state index in [0.29, 0.717) is 5.56 Å². The zero-order valence-electron chi connectivity index (χ0n) is 7.84. The first-order valence-electron chi connectivity index (χ1n) is 4.35. The summed E-state index contributed by atoms with van der Waals surface area (Å²) < 4.78 is 1.71. The third-order valence-electron chi connectivity index (χ3n) is 2.14. The summed E-state index contributed by atoms with van der Waals surface area (Å²) in [6, 6.07) is 9.75. The molecule has 1 heterocycles. The number of aldehydes is 1. The molecular weight excluding hydrogens is 176 g/mol. The van der Waals surface area contributed by atoms with Gasteiger partial charge in [0.05, 0.1) is 17.5 Å². The van der Waals surface area contributed by atoms with Crippen molar-refractivity contribution in [3.8, 4) is 11.3 Å². The third-order valence-corrected chi connectivity index (χ3v) is 2.14. The number of carbonyl (C=O) groups excluding carboxylic acids is 1. The number of hydrogen-bond donors (Lipinski definition) is 0. The van der Waals surface area contributed by atoms with Gasteiger partial charge >= 0.3 is 0 Å². The average molecular weight is 186 g/mol. The molecular formula is C11H10N2O. The lowest BCUT2D eigenvalue weighted by Crippen LogP contribution is -1.94. The molecule has 1 aromatic heterocycles. The molecule has 70 valence electrons. The van der Waals surface area contributed by atoms with Gasteiger partial charge in [0, 0.05) is 12.6 Å². The summed E-state index contributed by atoms with van der Waals surface area (Å²) in [4.78, 5) is 10.8. The molecule has 14 heavy (non-hydrogen) atoms. The highest BCUT2D eigenvalue weighted by Gasteiger charge is 2.08. The number of benzene rings is 1. The van der Waals surface area contributed by atoms with Gasteiger partial charge in [-0.1, -0.05) is 30.3 Å². The molecule has 2 aromatic rings. The lowest BCUT2D eigenvalue weighted by Gasteiger charge is -2.02. The van der Waals surface area contributed by atoms with E-state index in [1.165, 1.54) is 0 Å². The van der Waals surface area contributed by atoms with Gasteiger partial charge in [0.2, 0.25) is 0 Å². The molecule has 0 unspecified atom stereocenters. The summed E-state index contributed by atoms with van der Waals surface area (Å²) in [5.74, 6) is 0. The fourth-order valence-corrected chi connectivity index (χ4v) is 1.49. The molecule has 2 rings (SSSR count). The van der Waals surface area contributed by atoms with Crippen LogP contribution in [0.2, 0.25) is 0 Å². The van der Waals surface area contributed by atoms with E-state index in [0.717, 1.165) is 17.5 Å². The van der Waals surface area contributed by atoms with E-state index in [9.17, 15) is 4.79 Å². The number of aromatic nitrogens is 2. The fraction of sp³-hybridized carbons (Fsp3) is 0.0909. The van der Waals surface area contributed by atoms with Crippen molar-refractivity contribution in [1.82, 2.24) is 9.78 Å². The second kappa shape index (κ2) is 3.46. The lowest BCUT2D eigenvalue weighted by atomic mass is 10.1. The number of nitrogens with zero attached hydrogens (tertiary/aromatic N) is 2. The molecule has 0 saturated heterocycles. The van der Waals surface area contributed by atoms with Crippen LogP contribution in [0.1, 0.15) is 10.4 Å². The minimum atomic E-state index is 0.624. The van der Waals surface area contributed by atoms with Crippen molar-refractivity contribution in [3.05, 3.63) is 42.1 Å². The van der Waals surface area contributed by atoms with Crippen LogP contribution in [0.5, 0.6) is 0 Å². The topological polar surface area (TPSA) is 34.9 Å². The molecule has 0 spiro atoms. The van der Waals surface area contributed by atoms with Gasteiger partial charge in [-0.15, -0.1) is 0 Å². The van der Waals surface area contributed by atoms with E-state index in [1.54, 1.807) is 10.9 Å². The van der Waals surface area contributed by atoms with Gasteiger partial charge in [-0.2, -0.15) is 5.10 Å². The molecule has 0 saturated carbocycles. The van der Waals surface area contributed by atoms with Crippen LogP contribution in [0.4, 0.5) is 0 Å². The first-order chi connectivity index (χ1) is 6.83. The molecule has 0 bridgehead atoms. The Labute approximate surface area is 82.0 Å². The summed E-state index contributed by atoms with van der Waals surface area (Å²) in [6.45, 7) is 0. The highest BCUT2D eigenvalue weighted by Crippen LogP contribution is 2.20. The fourth-order valence-electron chi connectivity index (χ4n) is 1.49. The highest BCUT2D eigenvalue weighted by atomic mass is 16.1. The number of aryl methyl sites for hydroxylation is 1. The van der Waals surface area contributed by atoms with E-state index in [1.807, 2.05) is 37.4 Å². The summed E-state index contributed by atoms with van der Waals surface area (Å²) in [6.07, 6.45) is 2.41. The van der Waals surface area contributed by atoms with Gasteiger partial charge in [0.1, 0.15) is 0 Å². The molecule has 0 aliphatic carbocycles. The highest BCUT2D eigenvalue weighted by molar-refractivity contribution is 5.85. The van der Waals surface area contributed by atoms with Crippen LogP contribution in [0.15, 0.2) is 36.5 Å². The Kier molecular flexibility index (Phi) is 2.14. The number of carbonyl (C=O) groups is 1. The van der Waals surface area contributed by atoms with Crippen LogP contribution in [-0.4, -0.2) is 16.1 Å². The third kappa shape index (κ3) is 1.33. The molecule has 1 aromatic carbocycles. The molecule has 3 heteroatoms. The minimum Gasteiger partial charge on any atom is -0.298 e. The Hall–Kier alpha value is -1.90. The molecule has 0 radical (unpaired) electrons. The smallest absolute Gasteiger partial charge is 0.153 e. The largest absolute Gasteiger partial charge is 0.298 e. The second-order valence-electron chi connectivity index (χ2n) is 3.06. The SMILES string of the molecule is Cn1ncc(C=O)c1-c1ccccc1. The summed E-state index contributed by atoms with van der Waals surface area (Å²) in [5.41, 5.74) is 2.49.